The number of ketones is 2. The fourth-order valence-electron chi connectivity index (χ4n) is 7.98. The Morgan fingerprint density at radius 1 is 0.519 bits per heavy atom. The first-order valence-electron chi connectivity index (χ1n) is 23.8. The van der Waals surface area contributed by atoms with Crippen molar-refractivity contribution in [2.24, 2.45) is 0 Å². The summed E-state index contributed by atoms with van der Waals surface area (Å²) in [6.07, 6.45) is -6.38. The van der Waals surface area contributed by atoms with Crippen LogP contribution in [0.25, 0.3) is 0 Å². The van der Waals surface area contributed by atoms with Gasteiger partial charge in [0.2, 0.25) is 11.9 Å². The maximum Gasteiger partial charge on any atom is 0.416 e. The zero-order chi connectivity index (χ0) is 57.7. The molecule has 424 valence electrons. The van der Waals surface area contributed by atoms with Crippen molar-refractivity contribution in [3.63, 3.8) is 0 Å². The molecule has 0 saturated heterocycles. The van der Waals surface area contributed by atoms with Gasteiger partial charge in [0, 0.05) is 109 Å². The molecule has 2 unspecified atom stereocenters. The van der Waals surface area contributed by atoms with E-state index in [0.717, 1.165) is 41.2 Å². The number of rotatable bonds is 20. The number of carbonyl (C=O) groups excluding carboxylic acids is 2. The van der Waals surface area contributed by atoms with Gasteiger partial charge < -0.3 is 39.0 Å². The van der Waals surface area contributed by atoms with Crippen LogP contribution in [-0.4, -0.2) is 63.1 Å². The van der Waals surface area contributed by atoms with Gasteiger partial charge in [0.15, 0.2) is 0 Å². The van der Waals surface area contributed by atoms with Gasteiger partial charge >= 0.3 is 12.4 Å². The Labute approximate surface area is 466 Å². The van der Waals surface area contributed by atoms with Crippen LogP contribution in [0.15, 0.2) is 158 Å². The van der Waals surface area contributed by atoms with Crippen LogP contribution in [0.1, 0.15) is 46.4 Å². The third kappa shape index (κ3) is 18.7. The fourth-order valence-corrected chi connectivity index (χ4v) is 8.62. The van der Waals surface area contributed by atoms with Gasteiger partial charge in [-0.1, -0.05) is 55.5 Å². The number of aromatic nitrogens is 4. The van der Waals surface area contributed by atoms with Crippen LogP contribution in [0, 0.1) is 12.7 Å². The average molecular weight is 1160 g/mol. The number of halogens is 7. The number of hydrogen-bond donors (Lipinski definition) is 4. The monoisotopic (exact) mass is 1160 g/mol. The van der Waals surface area contributed by atoms with Crippen molar-refractivity contribution in [2.45, 2.75) is 52.4 Å². The minimum atomic E-state index is -4.70. The first-order valence-corrected chi connectivity index (χ1v) is 25.9. The second-order valence-electron chi connectivity index (χ2n) is 17.8. The molecule has 8 rings (SSSR count). The number of benzene rings is 6. The zero-order valence-electron chi connectivity index (χ0n) is 42.4. The van der Waals surface area contributed by atoms with Gasteiger partial charge in [0.1, 0.15) is 29.0 Å². The van der Waals surface area contributed by atoms with E-state index in [4.69, 9.17) is 0 Å². The molecular formula is C56H51F7N10O6S2-2. The summed E-state index contributed by atoms with van der Waals surface area (Å²) in [7, 11) is 3.60. The Bertz CT molecular complexity index is 3290. The predicted molar refractivity (Wildman–Crippen MR) is 297 cm³/mol. The van der Waals surface area contributed by atoms with Gasteiger partial charge in [-0.2, -0.15) is 36.3 Å². The molecule has 2 heterocycles. The Morgan fingerprint density at radius 3 is 1.31 bits per heavy atom. The van der Waals surface area contributed by atoms with E-state index in [1.165, 1.54) is 0 Å². The highest BCUT2D eigenvalue weighted by Gasteiger charge is 2.32. The molecule has 0 saturated carbocycles. The van der Waals surface area contributed by atoms with Gasteiger partial charge in [0.25, 0.3) is 0 Å². The summed E-state index contributed by atoms with van der Waals surface area (Å²) < 4.78 is 140. The van der Waals surface area contributed by atoms with Crippen LogP contribution < -0.4 is 29.9 Å². The molecule has 81 heavy (non-hydrogen) atoms. The summed E-state index contributed by atoms with van der Waals surface area (Å²) in [5.41, 5.74) is 3.69. The number of hydrogen-bond acceptors (Lipinski definition) is 14. The first kappa shape index (κ1) is 61.6. The summed E-state index contributed by atoms with van der Waals surface area (Å²) in [6.45, 7) is 1.57. The molecule has 6 aromatic carbocycles. The molecular weight excluding hydrogens is 1110 g/mol. The van der Waals surface area contributed by atoms with E-state index >= 15 is 0 Å². The average Bonchev–Trinajstić information content (AvgIpc) is 3.40. The van der Waals surface area contributed by atoms with Crippen molar-refractivity contribution in [1.82, 2.24) is 19.9 Å². The third-order valence-electron chi connectivity index (χ3n) is 11.6. The molecule has 25 heteroatoms. The smallest absolute Gasteiger partial charge is 0.416 e. The van der Waals surface area contributed by atoms with E-state index in [-0.39, 0.29) is 56.2 Å². The van der Waals surface area contributed by atoms with Crippen molar-refractivity contribution >= 4 is 91.8 Å². The largest absolute Gasteiger partial charge is 0.755 e. The van der Waals surface area contributed by atoms with Crippen LogP contribution in [0.3, 0.4) is 0 Å². The number of Topliss-reactive ketones (excluding diaryl/α,β-unsaturated/α-hetero) is 2. The molecule has 2 atom stereocenters. The van der Waals surface area contributed by atoms with E-state index in [0.29, 0.717) is 63.1 Å². The molecule has 4 N–H and O–H groups in total. The van der Waals surface area contributed by atoms with E-state index in [2.05, 4.69) is 40.0 Å². The number of alkyl halides is 6. The number of nitrogens with zero attached hydrogens (tertiary/aromatic N) is 6. The first-order chi connectivity index (χ1) is 37.9. The molecule has 0 aliphatic rings. The minimum absolute atomic E-state index is 0. The maximum absolute atomic E-state index is 13.6. The van der Waals surface area contributed by atoms with Crippen LogP contribution in [0.5, 0.6) is 0 Å². The van der Waals surface area contributed by atoms with Gasteiger partial charge in [-0.25, -0.2) is 14.4 Å². The molecule has 0 spiro atoms. The van der Waals surface area contributed by atoms with Crippen LogP contribution in [-0.2, 0) is 70.2 Å². The molecule has 16 nitrogen and oxygen atoms in total. The highest BCUT2D eigenvalue weighted by molar-refractivity contribution is 7.80. The Kier molecular flexibility index (Phi) is 20.9. The number of aryl methyl sites for hydroxylation is 1. The van der Waals surface area contributed by atoms with Crippen LogP contribution in [0.4, 0.5) is 88.4 Å². The zero-order valence-corrected chi connectivity index (χ0v) is 44.1. The highest BCUT2D eigenvalue weighted by atomic mass is 32.2. The second kappa shape index (κ2) is 27.5. The molecule has 0 bridgehead atoms. The topological polar surface area (TPSA) is 221 Å². The molecule has 0 fully saturated rings. The number of carbonyl (C=O) groups is 2. The van der Waals surface area contributed by atoms with Crippen molar-refractivity contribution in [3.8, 4) is 0 Å². The fraction of sp³-hybridized carbons (Fsp3) is 0.179. The lowest BCUT2D eigenvalue weighted by Gasteiger charge is -2.19. The Morgan fingerprint density at radius 2 is 0.901 bits per heavy atom. The van der Waals surface area contributed by atoms with Crippen molar-refractivity contribution in [3.05, 3.63) is 203 Å². The lowest BCUT2D eigenvalue weighted by molar-refractivity contribution is -0.138. The molecule has 0 aliphatic carbocycles. The lowest BCUT2D eigenvalue weighted by Crippen LogP contribution is -2.13. The quantitative estimate of drug-likeness (QED) is 0.0412. The highest BCUT2D eigenvalue weighted by Crippen LogP contribution is 2.33. The van der Waals surface area contributed by atoms with Crippen LogP contribution in [0.2, 0.25) is 0 Å². The van der Waals surface area contributed by atoms with E-state index in [1.54, 1.807) is 134 Å². The van der Waals surface area contributed by atoms with Crippen molar-refractivity contribution < 1.29 is 57.8 Å². The van der Waals surface area contributed by atoms with Crippen LogP contribution >= 0.6 is 0 Å². The lowest BCUT2D eigenvalue weighted by atomic mass is 9.99. The third-order valence-corrected chi connectivity index (χ3v) is 12.4. The molecule has 8 aromatic rings. The summed E-state index contributed by atoms with van der Waals surface area (Å²) in [4.78, 5) is 46.1. The van der Waals surface area contributed by atoms with Gasteiger partial charge in [-0.15, -0.1) is 0 Å². The second-order valence-corrected chi connectivity index (χ2v) is 19.2. The molecule has 0 radical (unpaired) electrons. The molecule has 2 aromatic heterocycles. The number of anilines is 10. The van der Waals surface area contributed by atoms with E-state index in [9.17, 15) is 57.8 Å². The molecule has 0 amide bonds. The summed E-state index contributed by atoms with van der Waals surface area (Å²) in [5.74, 6) is 0.114. The summed E-state index contributed by atoms with van der Waals surface area (Å²) >= 11 is -4.90. The number of nitrogens with one attached hydrogen (secondary N) is 4. The Hall–Kier alpha value is -8.65. The van der Waals surface area contributed by atoms with Crippen molar-refractivity contribution in [1.29, 1.82) is 0 Å². The maximum atomic E-state index is 13.6. The normalized spacial score (nSPS) is 11.9. The van der Waals surface area contributed by atoms with E-state index in [1.807, 2.05) is 24.1 Å². The standard InChI is InChI=1S/C28H26F3N5O3S.C27H23F4N5O3S.CH4/c1-18-12-20(14-21(13-18)28(29,30)31)16-25(37)15-19-6-8-24(9-7-19)36(2)26-10-11-32-27(34-26)33-22-4-3-5-23(17-22)35-40(38)39;1-36(25-9-10-32-26(34-25)33-21-3-2-4-22(16-21)35-40(38)39)23-7-5-17(6-8-23)13-24(37)14-18-11-19(27(29,30)31)15-20(28)12-18;/h3-14,17,35H,15-16H2,1-2H3,(H,38,39)(H,32,33,34);2-12,15-16,35H,13-14H2,1H3,(H,38,39)(H,32,33,34);1H4/p-2. The summed E-state index contributed by atoms with van der Waals surface area (Å²) in [5, 5.41) is 6.06. The predicted octanol–water partition coefficient (Wildman–Crippen LogP) is 12.2. The van der Waals surface area contributed by atoms with Gasteiger partial charge in [-0.3, -0.25) is 18.0 Å². The van der Waals surface area contributed by atoms with Crippen molar-refractivity contribution in [2.75, 3.05) is 44.0 Å². The molecule has 0 aliphatic heterocycles. The van der Waals surface area contributed by atoms with Gasteiger partial charge in [0.05, 0.1) is 11.1 Å². The SMILES string of the molecule is C.CN(c1ccc(CC(=O)Cc2cc(F)cc(C(F)(F)F)c2)cc1)c1ccnc(Nc2cccc(NS(=O)[O-])c2)n1.Cc1cc(CC(=O)Cc2ccc(N(C)c3ccnc(Nc4cccc(NS(=O)[O-])c4)n3)cc2)cc(C(F)(F)F)c1. The Balaban J connectivity index is 0.000000258. The summed E-state index contributed by atoms with van der Waals surface area (Å²) in [6, 6.07) is 36.6. The minimum Gasteiger partial charge on any atom is -0.755 e. The van der Waals surface area contributed by atoms with E-state index < -0.39 is 51.8 Å². The van der Waals surface area contributed by atoms with Gasteiger partial charge in [-0.05, 0) is 132 Å².